The van der Waals surface area contributed by atoms with Crippen molar-refractivity contribution in [3.8, 4) is 6.01 Å². The highest BCUT2D eigenvalue weighted by Crippen LogP contribution is 2.15. The molecule has 0 unspecified atom stereocenters. The molecule has 1 rings (SSSR count). The molecule has 0 saturated carbocycles. The summed E-state index contributed by atoms with van der Waals surface area (Å²) in [5, 5.41) is 0.511. The van der Waals surface area contributed by atoms with E-state index in [4.69, 9.17) is 4.74 Å². The number of anilines is 1. The van der Waals surface area contributed by atoms with Crippen molar-refractivity contribution in [2.45, 2.75) is 26.7 Å². The summed E-state index contributed by atoms with van der Waals surface area (Å²) in [6.07, 6.45) is 2.05. The van der Waals surface area contributed by atoms with Crippen molar-refractivity contribution in [1.82, 2.24) is 14.8 Å². The molecule has 6 nitrogen and oxygen atoms in total. The van der Waals surface area contributed by atoms with E-state index in [1.54, 1.807) is 0 Å². The normalized spacial score (nSPS) is 9.73. The first kappa shape index (κ1) is 11.7. The predicted molar refractivity (Wildman–Crippen MR) is 57.8 cm³/mol. The lowest BCUT2D eigenvalue weighted by molar-refractivity contribution is -0.118. The predicted octanol–water partition coefficient (Wildman–Crippen LogP) is 1.18. The number of nitrogens with one attached hydrogen (secondary N) is 2. The fourth-order valence-corrected chi connectivity index (χ4v) is 1.24. The monoisotopic (exact) mass is 230 g/mol. The molecule has 7 heteroatoms. The molecule has 1 aromatic rings. The Bertz CT molecular complexity index is 315. The van der Waals surface area contributed by atoms with E-state index < -0.39 is 0 Å². The molecule has 0 bridgehead atoms. The van der Waals surface area contributed by atoms with Crippen molar-refractivity contribution in [2.24, 2.45) is 0 Å². The molecular formula is C8H14N4O2S. The van der Waals surface area contributed by atoms with Gasteiger partial charge in [-0.2, -0.15) is 4.98 Å². The van der Waals surface area contributed by atoms with Gasteiger partial charge >= 0.3 is 6.01 Å². The van der Waals surface area contributed by atoms with Crippen LogP contribution in [-0.4, -0.2) is 21.9 Å². The Hall–Kier alpha value is -1.37. The summed E-state index contributed by atoms with van der Waals surface area (Å²) in [4.78, 5) is 14.6. The number of hydrogen-bond acceptors (Lipinski definition) is 6. The molecule has 1 amide bonds. The number of carbonyl (C=O) groups is 1. The lowest BCUT2D eigenvalue weighted by Crippen LogP contribution is -2.26. The number of nitrogens with zero attached hydrogens (tertiary/aromatic N) is 2. The number of ether oxygens (including phenoxy) is 1. The molecular weight excluding hydrogens is 216 g/mol. The Balaban J connectivity index is 2.32. The minimum absolute atomic E-state index is 0.182. The van der Waals surface area contributed by atoms with E-state index in [1.807, 2.05) is 0 Å². The molecule has 1 heterocycles. The van der Waals surface area contributed by atoms with E-state index in [9.17, 15) is 4.79 Å². The number of hydrazine groups is 1. The first-order valence-electron chi connectivity index (χ1n) is 4.71. The number of hydrogen-bond donors (Lipinski definition) is 2. The molecule has 15 heavy (non-hydrogen) atoms. The lowest BCUT2D eigenvalue weighted by atomic mass is 10.4. The van der Waals surface area contributed by atoms with Crippen LogP contribution < -0.4 is 15.6 Å². The average Bonchev–Trinajstić information content (AvgIpc) is 2.63. The second kappa shape index (κ2) is 6.18. The van der Waals surface area contributed by atoms with Gasteiger partial charge in [0.2, 0.25) is 11.0 Å². The van der Waals surface area contributed by atoms with Crippen LogP contribution >= 0.6 is 11.5 Å². The fourth-order valence-electron chi connectivity index (χ4n) is 0.769. The number of carbonyl (C=O) groups excluding carboxylic acids is 1. The van der Waals surface area contributed by atoms with Crippen molar-refractivity contribution in [1.29, 1.82) is 0 Å². The molecule has 0 atom stereocenters. The van der Waals surface area contributed by atoms with Gasteiger partial charge in [-0.15, -0.1) is 4.37 Å². The summed E-state index contributed by atoms with van der Waals surface area (Å²) in [5.41, 5.74) is 5.03. The molecule has 0 aliphatic carbocycles. The van der Waals surface area contributed by atoms with Crippen LogP contribution in [0, 0.1) is 0 Å². The Kier molecular flexibility index (Phi) is 4.82. The van der Waals surface area contributed by atoms with Gasteiger partial charge in [0.1, 0.15) is 0 Å². The van der Waals surface area contributed by atoms with Crippen LogP contribution in [0.25, 0.3) is 0 Å². The highest BCUT2D eigenvalue weighted by atomic mass is 32.1. The molecule has 1 aromatic heterocycles. The van der Waals surface area contributed by atoms with Gasteiger partial charge < -0.3 is 4.74 Å². The maximum atomic E-state index is 10.6. The van der Waals surface area contributed by atoms with Crippen LogP contribution in [0.1, 0.15) is 26.7 Å². The van der Waals surface area contributed by atoms with Crippen LogP contribution in [0.15, 0.2) is 0 Å². The van der Waals surface area contributed by atoms with Crippen LogP contribution in [0.3, 0.4) is 0 Å². The van der Waals surface area contributed by atoms with Gasteiger partial charge in [-0.25, -0.2) is 0 Å². The van der Waals surface area contributed by atoms with Crippen molar-refractivity contribution >= 4 is 22.6 Å². The van der Waals surface area contributed by atoms with E-state index in [0.717, 1.165) is 24.4 Å². The zero-order chi connectivity index (χ0) is 11.1. The molecule has 2 N–H and O–H groups in total. The Labute approximate surface area is 92.2 Å². The molecule has 0 spiro atoms. The third kappa shape index (κ3) is 4.59. The summed E-state index contributed by atoms with van der Waals surface area (Å²) in [7, 11) is 0. The Morgan fingerprint density at radius 2 is 2.40 bits per heavy atom. The van der Waals surface area contributed by atoms with Crippen LogP contribution in [0.2, 0.25) is 0 Å². The number of unbranched alkanes of at least 4 members (excludes halogenated alkanes) is 1. The summed E-state index contributed by atoms with van der Waals surface area (Å²) < 4.78 is 9.23. The van der Waals surface area contributed by atoms with Crippen LogP contribution in [-0.2, 0) is 4.79 Å². The van der Waals surface area contributed by atoms with E-state index >= 15 is 0 Å². The van der Waals surface area contributed by atoms with Gasteiger partial charge in [-0.05, 0) is 6.42 Å². The third-order valence-electron chi connectivity index (χ3n) is 1.48. The van der Waals surface area contributed by atoms with Crippen LogP contribution in [0.5, 0.6) is 6.01 Å². The van der Waals surface area contributed by atoms with E-state index in [1.165, 1.54) is 6.92 Å². The van der Waals surface area contributed by atoms with Crippen molar-refractivity contribution < 1.29 is 9.53 Å². The number of amides is 1. The summed E-state index contributed by atoms with van der Waals surface area (Å²) in [5.74, 6) is -0.182. The largest absolute Gasteiger partial charge is 0.463 e. The summed E-state index contributed by atoms with van der Waals surface area (Å²) >= 11 is 1.14. The maximum absolute atomic E-state index is 10.6. The standard InChI is InChI=1S/C8H14N4O2S/c1-3-4-5-14-7-9-8(15-12-7)11-10-6(2)13/h3-5H2,1-2H3,(H,10,13)(H,9,11,12). The highest BCUT2D eigenvalue weighted by Gasteiger charge is 2.04. The zero-order valence-electron chi connectivity index (χ0n) is 8.74. The molecule has 0 aliphatic heterocycles. The topological polar surface area (TPSA) is 76.1 Å². The van der Waals surface area contributed by atoms with Gasteiger partial charge in [0, 0.05) is 18.5 Å². The van der Waals surface area contributed by atoms with E-state index in [-0.39, 0.29) is 5.91 Å². The first-order chi connectivity index (χ1) is 7.22. The molecule has 0 saturated heterocycles. The van der Waals surface area contributed by atoms with Gasteiger partial charge in [0.15, 0.2) is 0 Å². The van der Waals surface area contributed by atoms with Gasteiger partial charge in [-0.1, -0.05) is 13.3 Å². The molecule has 0 aliphatic rings. The molecule has 84 valence electrons. The summed E-state index contributed by atoms with van der Waals surface area (Å²) in [6, 6.07) is 0.348. The third-order valence-corrected chi connectivity index (χ3v) is 2.10. The lowest BCUT2D eigenvalue weighted by Gasteiger charge is -2.00. The second-order valence-corrected chi connectivity index (χ2v) is 3.64. The van der Waals surface area contributed by atoms with Crippen LogP contribution in [0.4, 0.5) is 5.13 Å². The van der Waals surface area contributed by atoms with Gasteiger partial charge in [0.25, 0.3) is 0 Å². The number of rotatable bonds is 6. The van der Waals surface area contributed by atoms with Crippen molar-refractivity contribution in [2.75, 3.05) is 12.0 Å². The molecule has 0 radical (unpaired) electrons. The second-order valence-electron chi connectivity index (χ2n) is 2.89. The maximum Gasteiger partial charge on any atom is 0.330 e. The smallest absolute Gasteiger partial charge is 0.330 e. The quantitative estimate of drug-likeness (QED) is 0.567. The molecule has 0 aromatic carbocycles. The van der Waals surface area contributed by atoms with Crippen molar-refractivity contribution in [3.05, 3.63) is 0 Å². The minimum Gasteiger partial charge on any atom is -0.463 e. The van der Waals surface area contributed by atoms with E-state index in [2.05, 4.69) is 27.1 Å². The zero-order valence-corrected chi connectivity index (χ0v) is 9.56. The Morgan fingerprint density at radius 3 is 3.07 bits per heavy atom. The first-order valence-corrected chi connectivity index (χ1v) is 5.48. The number of aromatic nitrogens is 2. The van der Waals surface area contributed by atoms with E-state index in [0.29, 0.717) is 17.7 Å². The average molecular weight is 230 g/mol. The van der Waals surface area contributed by atoms with Crippen molar-refractivity contribution in [3.63, 3.8) is 0 Å². The minimum atomic E-state index is -0.182. The SMILES string of the molecule is CCCCOc1nsc(NNC(C)=O)n1. The molecule has 0 fully saturated rings. The highest BCUT2D eigenvalue weighted by molar-refractivity contribution is 7.09. The van der Waals surface area contributed by atoms with Gasteiger partial charge in [-0.3, -0.25) is 15.6 Å². The fraction of sp³-hybridized carbons (Fsp3) is 0.625. The Morgan fingerprint density at radius 1 is 1.60 bits per heavy atom. The summed E-state index contributed by atoms with van der Waals surface area (Å²) in [6.45, 7) is 4.11. The van der Waals surface area contributed by atoms with Gasteiger partial charge in [0.05, 0.1) is 6.61 Å².